The molecular formula is C19H25IN4O. The van der Waals surface area contributed by atoms with Gasteiger partial charge in [0.2, 0.25) is 5.91 Å². The molecule has 134 valence electrons. The third kappa shape index (κ3) is 7.55. The van der Waals surface area contributed by atoms with Gasteiger partial charge in [-0.25, -0.2) is 0 Å². The largest absolute Gasteiger partial charge is 0.352 e. The second kappa shape index (κ2) is 11.5. The summed E-state index contributed by atoms with van der Waals surface area (Å²) < 4.78 is 0. The zero-order chi connectivity index (χ0) is 17.2. The highest BCUT2D eigenvalue weighted by atomic mass is 127. The second-order valence-corrected chi connectivity index (χ2v) is 5.37. The summed E-state index contributed by atoms with van der Waals surface area (Å²) in [5.41, 5.74) is 3.16. The van der Waals surface area contributed by atoms with E-state index in [1.807, 2.05) is 54.6 Å². The van der Waals surface area contributed by atoms with Crippen LogP contribution in [0.4, 0.5) is 5.69 Å². The van der Waals surface area contributed by atoms with Crippen LogP contribution in [0.1, 0.15) is 18.1 Å². The van der Waals surface area contributed by atoms with Gasteiger partial charge in [-0.15, -0.1) is 24.0 Å². The number of hydrogen-bond acceptors (Lipinski definition) is 2. The van der Waals surface area contributed by atoms with E-state index in [0.717, 1.165) is 17.7 Å². The second-order valence-electron chi connectivity index (χ2n) is 5.37. The molecule has 0 aliphatic rings. The van der Waals surface area contributed by atoms with Crippen LogP contribution >= 0.6 is 24.0 Å². The van der Waals surface area contributed by atoms with Crippen molar-refractivity contribution in [2.24, 2.45) is 4.99 Å². The van der Waals surface area contributed by atoms with Crippen LogP contribution in [0.3, 0.4) is 0 Å². The van der Waals surface area contributed by atoms with Crippen LogP contribution in [0.25, 0.3) is 0 Å². The Hall–Kier alpha value is -2.09. The van der Waals surface area contributed by atoms with E-state index in [4.69, 9.17) is 0 Å². The SMILES string of the molecule is CCc1cccc(NC(=O)CNC(=NC)NCc2ccccc2)c1.I. The molecule has 0 heterocycles. The van der Waals surface area contributed by atoms with Gasteiger partial charge in [-0.3, -0.25) is 9.79 Å². The number of rotatable bonds is 6. The van der Waals surface area contributed by atoms with Crippen LogP contribution in [0, 0.1) is 0 Å². The van der Waals surface area contributed by atoms with Crippen LogP contribution < -0.4 is 16.0 Å². The van der Waals surface area contributed by atoms with E-state index in [-0.39, 0.29) is 36.4 Å². The van der Waals surface area contributed by atoms with Gasteiger partial charge in [-0.2, -0.15) is 0 Å². The van der Waals surface area contributed by atoms with Gasteiger partial charge in [0.25, 0.3) is 0 Å². The van der Waals surface area contributed by atoms with Crippen molar-refractivity contribution in [2.45, 2.75) is 19.9 Å². The van der Waals surface area contributed by atoms with Crippen LogP contribution in [-0.2, 0) is 17.8 Å². The number of nitrogens with one attached hydrogen (secondary N) is 3. The predicted molar refractivity (Wildman–Crippen MR) is 115 cm³/mol. The number of benzene rings is 2. The van der Waals surface area contributed by atoms with Crippen molar-refractivity contribution >= 4 is 41.5 Å². The fourth-order valence-corrected chi connectivity index (χ4v) is 2.24. The summed E-state index contributed by atoms with van der Waals surface area (Å²) in [5, 5.41) is 9.08. The average molecular weight is 452 g/mol. The van der Waals surface area contributed by atoms with Crippen molar-refractivity contribution in [2.75, 3.05) is 18.9 Å². The van der Waals surface area contributed by atoms with Crippen LogP contribution in [0.2, 0.25) is 0 Å². The molecule has 0 unspecified atom stereocenters. The van der Waals surface area contributed by atoms with Gasteiger partial charge in [-0.05, 0) is 29.7 Å². The Bertz CT molecular complexity index is 689. The smallest absolute Gasteiger partial charge is 0.243 e. The van der Waals surface area contributed by atoms with Gasteiger partial charge in [0.1, 0.15) is 0 Å². The number of nitrogens with zero attached hydrogens (tertiary/aromatic N) is 1. The van der Waals surface area contributed by atoms with Crippen molar-refractivity contribution < 1.29 is 4.79 Å². The number of amides is 1. The maximum atomic E-state index is 12.1. The van der Waals surface area contributed by atoms with Gasteiger partial charge in [0.15, 0.2) is 5.96 Å². The fraction of sp³-hybridized carbons (Fsp3) is 0.263. The summed E-state index contributed by atoms with van der Waals surface area (Å²) in [7, 11) is 1.68. The molecule has 6 heteroatoms. The van der Waals surface area contributed by atoms with Gasteiger partial charge in [-0.1, -0.05) is 49.4 Å². The van der Waals surface area contributed by atoms with Crippen LogP contribution in [0.5, 0.6) is 0 Å². The summed E-state index contributed by atoms with van der Waals surface area (Å²) in [6.45, 7) is 2.90. The number of guanidine groups is 1. The topological polar surface area (TPSA) is 65.5 Å². The molecule has 2 rings (SSSR count). The quantitative estimate of drug-likeness (QED) is 0.359. The van der Waals surface area contributed by atoms with Crippen molar-refractivity contribution in [1.29, 1.82) is 0 Å². The first kappa shape index (κ1) is 21.0. The van der Waals surface area contributed by atoms with E-state index >= 15 is 0 Å². The third-order valence-corrected chi connectivity index (χ3v) is 3.56. The molecule has 0 aliphatic carbocycles. The Labute approximate surface area is 166 Å². The van der Waals surface area contributed by atoms with E-state index in [1.54, 1.807) is 7.05 Å². The predicted octanol–water partition coefficient (Wildman–Crippen LogP) is 3.17. The standard InChI is InChI=1S/C19H24N4O.HI/c1-3-15-10-7-11-17(12-15)23-18(24)14-22-19(20-2)21-13-16-8-5-4-6-9-16;/h4-12H,3,13-14H2,1-2H3,(H,23,24)(H2,20,21,22);1H. The third-order valence-electron chi connectivity index (χ3n) is 3.56. The minimum Gasteiger partial charge on any atom is -0.352 e. The lowest BCUT2D eigenvalue weighted by Crippen LogP contribution is -2.41. The number of anilines is 1. The molecule has 2 aromatic carbocycles. The number of aliphatic imine (C=N–C) groups is 1. The first-order valence-electron chi connectivity index (χ1n) is 8.08. The highest BCUT2D eigenvalue weighted by Crippen LogP contribution is 2.10. The minimum absolute atomic E-state index is 0. The zero-order valence-electron chi connectivity index (χ0n) is 14.6. The molecule has 0 saturated heterocycles. The fourth-order valence-electron chi connectivity index (χ4n) is 2.24. The van der Waals surface area contributed by atoms with E-state index < -0.39 is 0 Å². The van der Waals surface area contributed by atoms with Crippen molar-refractivity contribution in [3.8, 4) is 0 Å². The molecule has 2 aromatic rings. The summed E-state index contributed by atoms with van der Waals surface area (Å²) in [6.07, 6.45) is 0.942. The minimum atomic E-state index is -0.106. The Morgan fingerprint density at radius 2 is 1.72 bits per heavy atom. The van der Waals surface area contributed by atoms with Crippen molar-refractivity contribution in [3.05, 3.63) is 65.7 Å². The molecule has 0 radical (unpaired) electrons. The molecule has 0 aliphatic heterocycles. The molecule has 0 saturated carbocycles. The first-order chi connectivity index (χ1) is 11.7. The lowest BCUT2D eigenvalue weighted by atomic mass is 10.1. The van der Waals surface area contributed by atoms with E-state index in [2.05, 4.69) is 27.9 Å². The number of carbonyl (C=O) groups excluding carboxylic acids is 1. The Morgan fingerprint density at radius 1 is 1.00 bits per heavy atom. The molecule has 1 amide bonds. The normalized spacial score (nSPS) is 10.6. The Morgan fingerprint density at radius 3 is 2.40 bits per heavy atom. The van der Waals surface area contributed by atoms with Crippen LogP contribution in [-0.4, -0.2) is 25.5 Å². The Balaban J connectivity index is 0.00000312. The molecule has 0 aromatic heterocycles. The highest BCUT2D eigenvalue weighted by molar-refractivity contribution is 14.0. The lowest BCUT2D eigenvalue weighted by Gasteiger charge is -2.12. The van der Waals surface area contributed by atoms with Gasteiger partial charge in [0.05, 0.1) is 6.54 Å². The number of carbonyl (C=O) groups is 1. The summed E-state index contributed by atoms with van der Waals surface area (Å²) in [5.74, 6) is 0.488. The summed E-state index contributed by atoms with van der Waals surface area (Å²) >= 11 is 0. The molecule has 0 bridgehead atoms. The van der Waals surface area contributed by atoms with Gasteiger partial charge >= 0.3 is 0 Å². The molecule has 0 atom stereocenters. The monoisotopic (exact) mass is 452 g/mol. The molecule has 5 nitrogen and oxygen atoms in total. The first-order valence-corrected chi connectivity index (χ1v) is 8.08. The Kier molecular flexibility index (Phi) is 9.61. The molecular weight excluding hydrogens is 427 g/mol. The van der Waals surface area contributed by atoms with E-state index in [1.165, 1.54) is 5.56 Å². The van der Waals surface area contributed by atoms with E-state index in [0.29, 0.717) is 12.5 Å². The maximum absolute atomic E-state index is 12.1. The summed E-state index contributed by atoms with van der Waals surface area (Å²) in [4.78, 5) is 16.2. The molecule has 3 N–H and O–H groups in total. The number of aryl methyl sites for hydroxylation is 1. The summed E-state index contributed by atoms with van der Waals surface area (Å²) in [6, 6.07) is 17.9. The van der Waals surface area contributed by atoms with Gasteiger partial charge < -0.3 is 16.0 Å². The number of halogens is 1. The molecule has 0 spiro atoms. The van der Waals surface area contributed by atoms with E-state index in [9.17, 15) is 4.79 Å². The molecule has 0 fully saturated rings. The maximum Gasteiger partial charge on any atom is 0.243 e. The molecule has 25 heavy (non-hydrogen) atoms. The van der Waals surface area contributed by atoms with Gasteiger partial charge in [0, 0.05) is 19.3 Å². The highest BCUT2D eigenvalue weighted by Gasteiger charge is 2.05. The average Bonchev–Trinajstić information content (AvgIpc) is 2.63. The zero-order valence-corrected chi connectivity index (χ0v) is 16.9. The number of hydrogen-bond donors (Lipinski definition) is 3. The lowest BCUT2D eigenvalue weighted by molar-refractivity contribution is -0.115. The van der Waals surface area contributed by atoms with Crippen molar-refractivity contribution in [3.63, 3.8) is 0 Å². The van der Waals surface area contributed by atoms with Crippen molar-refractivity contribution in [1.82, 2.24) is 10.6 Å². The van der Waals surface area contributed by atoms with Crippen LogP contribution in [0.15, 0.2) is 59.6 Å².